The summed E-state index contributed by atoms with van der Waals surface area (Å²) >= 11 is 6.10. The van der Waals surface area contributed by atoms with Crippen LogP contribution in [0.4, 0.5) is 5.82 Å². The molecule has 0 bridgehead atoms. The van der Waals surface area contributed by atoms with Gasteiger partial charge in [0.2, 0.25) is 0 Å². The molecule has 0 saturated heterocycles. The molecule has 0 radical (unpaired) electrons. The normalized spacial score (nSPS) is 15.3. The molecule has 1 aliphatic carbocycles. The summed E-state index contributed by atoms with van der Waals surface area (Å²) in [5.41, 5.74) is 0.249. The average Bonchev–Trinajstić information content (AvgIpc) is 2.98. The minimum absolute atomic E-state index is 0.0500. The average molecular weight is 298 g/mol. The van der Waals surface area contributed by atoms with Crippen molar-refractivity contribution < 1.29 is 9.90 Å². The number of halogens is 1. The molecule has 0 spiro atoms. The predicted octanol–water partition coefficient (Wildman–Crippen LogP) is 2.15. The highest BCUT2D eigenvalue weighted by Crippen LogP contribution is 2.26. The van der Waals surface area contributed by atoms with Gasteiger partial charge in [0.25, 0.3) is 5.91 Å². The number of nitrogens with one attached hydrogen (secondary N) is 1. The molecule has 1 aliphatic rings. The van der Waals surface area contributed by atoms with Crippen LogP contribution in [0.15, 0.2) is 12.1 Å². The van der Waals surface area contributed by atoms with Gasteiger partial charge in [-0.2, -0.15) is 0 Å². The van der Waals surface area contributed by atoms with Gasteiger partial charge in [0.05, 0.1) is 11.6 Å². The molecular weight excluding hydrogens is 278 g/mol. The second-order valence-corrected chi connectivity index (χ2v) is 5.34. The molecular formula is C14H20ClN3O2. The van der Waals surface area contributed by atoms with Gasteiger partial charge in [-0.15, -0.1) is 0 Å². The van der Waals surface area contributed by atoms with Crippen LogP contribution in [-0.4, -0.2) is 47.1 Å². The number of anilines is 1. The Morgan fingerprint density at radius 1 is 1.50 bits per heavy atom. The van der Waals surface area contributed by atoms with Crippen LogP contribution in [0.3, 0.4) is 0 Å². The van der Waals surface area contributed by atoms with Gasteiger partial charge in [-0.3, -0.25) is 4.79 Å². The molecule has 110 valence electrons. The van der Waals surface area contributed by atoms with E-state index in [0.29, 0.717) is 17.4 Å². The quantitative estimate of drug-likeness (QED) is 0.874. The first-order valence-electron chi connectivity index (χ1n) is 6.93. The zero-order chi connectivity index (χ0) is 14.5. The van der Waals surface area contributed by atoms with E-state index >= 15 is 0 Å². The Hall–Kier alpha value is -1.33. The van der Waals surface area contributed by atoms with Gasteiger partial charge in [-0.25, -0.2) is 4.98 Å². The third kappa shape index (κ3) is 3.22. The molecule has 1 heterocycles. The van der Waals surface area contributed by atoms with Gasteiger partial charge in [-0.05, 0) is 25.0 Å². The van der Waals surface area contributed by atoms with E-state index in [0.717, 1.165) is 25.7 Å². The number of aromatic nitrogens is 1. The molecule has 0 aromatic carbocycles. The van der Waals surface area contributed by atoms with Crippen LogP contribution >= 0.6 is 11.6 Å². The van der Waals surface area contributed by atoms with Gasteiger partial charge < -0.3 is 15.3 Å². The summed E-state index contributed by atoms with van der Waals surface area (Å²) in [5.74, 6) is 0.404. The first-order valence-corrected chi connectivity index (χ1v) is 7.31. The molecule has 1 fully saturated rings. The first kappa shape index (κ1) is 15.1. The largest absolute Gasteiger partial charge is 0.395 e. The fourth-order valence-corrected chi connectivity index (χ4v) is 2.83. The fourth-order valence-electron chi connectivity index (χ4n) is 2.64. The highest BCUT2D eigenvalue weighted by molar-refractivity contribution is 6.33. The van der Waals surface area contributed by atoms with Gasteiger partial charge in [-0.1, -0.05) is 24.4 Å². The number of rotatable bonds is 5. The van der Waals surface area contributed by atoms with Crippen molar-refractivity contribution in [3.8, 4) is 0 Å². The molecule has 1 amide bonds. The standard InChI is InChI=1S/C14H20ClN3O2/c1-16-12-7-6-11(15)13(17-12)14(20)18(8-9-19)10-4-2-3-5-10/h6-7,10,19H,2-5,8-9H2,1H3,(H,16,17). The lowest BCUT2D eigenvalue weighted by Gasteiger charge is -2.28. The molecule has 1 saturated carbocycles. The summed E-state index contributed by atoms with van der Waals surface area (Å²) in [6, 6.07) is 3.58. The van der Waals surface area contributed by atoms with Crippen LogP contribution in [-0.2, 0) is 0 Å². The zero-order valence-electron chi connectivity index (χ0n) is 11.6. The number of aliphatic hydroxyl groups is 1. The van der Waals surface area contributed by atoms with Crippen LogP contribution in [0.2, 0.25) is 5.02 Å². The molecule has 1 aromatic heterocycles. The van der Waals surface area contributed by atoms with Crippen molar-refractivity contribution in [2.75, 3.05) is 25.5 Å². The van der Waals surface area contributed by atoms with E-state index in [4.69, 9.17) is 11.6 Å². The number of nitrogens with zero attached hydrogens (tertiary/aromatic N) is 2. The van der Waals surface area contributed by atoms with E-state index < -0.39 is 0 Å². The molecule has 6 heteroatoms. The van der Waals surface area contributed by atoms with Crippen LogP contribution < -0.4 is 5.32 Å². The number of amides is 1. The maximum atomic E-state index is 12.7. The van der Waals surface area contributed by atoms with Crippen LogP contribution in [0.25, 0.3) is 0 Å². The van der Waals surface area contributed by atoms with Crippen LogP contribution in [0.1, 0.15) is 36.2 Å². The Kier molecular flexibility index (Phi) is 5.20. The van der Waals surface area contributed by atoms with Gasteiger partial charge >= 0.3 is 0 Å². The molecule has 2 N–H and O–H groups in total. The second kappa shape index (κ2) is 6.90. The minimum Gasteiger partial charge on any atom is -0.395 e. The maximum Gasteiger partial charge on any atom is 0.274 e. The summed E-state index contributed by atoms with van der Waals surface area (Å²) in [5, 5.41) is 12.4. The highest BCUT2D eigenvalue weighted by Gasteiger charge is 2.29. The number of aliphatic hydroxyl groups excluding tert-OH is 1. The van der Waals surface area contributed by atoms with Crippen molar-refractivity contribution in [3.63, 3.8) is 0 Å². The summed E-state index contributed by atoms with van der Waals surface area (Å²) in [4.78, 5) is 18.6. The molecule has 5 nitrogen and oxygen atoms in total. The molecule has 2 rings (SSSR count). The van der Waals surface area contributed by atoms with Gasteiger partial charge in [0.15, 0.2) is 0 Å². The smallest absolute Gasteiger partial charge is 0.274 e. The van der Waals surface area contributed by atoms with Crippen molar-refractivity contribution in [2.45, 2.75) is 31.7 Å². The summed E-state index contributed by atoms with van der Waals surface area (Å²) < 4.78 is 0. The van der Waals surface area contributed by atoms with Crippen molar-refractivity contribution in [1.29, 1.82) is 0 Å². The Bertz CT molecular complexity index is 475. The first-order chi connectivity index (χ1) is 9.67. The van der Waals surface area contributed by atoms with E-state index in [1.807, 2.05) is 0 Å². The van der Waals surface area contributed by atoms with E-state index in [1.165, 1.54) is 0 Å². The maximum absolute atomic E-state index is 12.7. The zero-order valence-corrected chi connectivity index (χ0v) is 12.4. The molecule has 20 heavy (non-hydrogen) atoms. The van der Waals surface area contributed by atoms with Gasteiger partial charge in [0, 0.05) is 19.6 Å². The van der Waals surface area contributed by atoms with Crippen LogP contribution in [0.5, 0.6) is 0 Å². The number of hydrogen-bond acceptors (Lipinski definition) is 4. The molecule has 0 atom stereocenters. The van der Waals surface area contributed by atoms with Crippen molar-refractivity contribution in [1.82, 2.24) is 9.88 Å². The van der Waals surface area contributed by atoms with E-state index in [9.17, 15) is 9.90 Å². The number of pyridine rings is 1. The number of hydrogen-bond donors (Lipinski definition) is 2. The Balaban J connectivity index is 2.26. The third-order valence-electron chi connectivity index (χ3n) is 3.67. The van der Waals surface area contributed by atoms with Crippen LogP contribution in [0, 0.1) is 0 Å². The lowest BCUT2D eigenvalue weighted by molar-refractivity contribution is 0.0632. The minimum atomic E-state index is -0.201. The third-order valence-corrected chi connectivity index (χ3v) is 3.98. The SMILES string of the molecule is CNc1ccc(Cl)c(C(=O)N(CCO)C2CCCC2)n1. The Labute approximate surface area is 123 Å². The van der Waals surface area contributed by atoms with E-state index in [2.05, 4.69) is 10.3 Å². The predicted molar refractivity (Wildman–Crippen MR) is 79.2 cm³/mol. The lowest BCUT2D eigenvalue weighted by Crippen LogP contribution is -2.41. The van der Waals surface area contributed by atoms with Gasteiger partial charge in [0.1, 0.15) is 11.5 Å². The summed E-state index contributed by atoms with van der Waals surface area (Å²) in [7, 11) is 1.74. The van der Waals surface area contributed by atoms with E-state index in [1.54, 1.807) is 24.1 Å². The second-order valence-electron chi connectivity index (χ2n) is 4.94. The van der Waals surface area contributed by atoms with Crippen molar-refractivity contribution >= 4 is 23.3 Å². The molecule has 0 aliphatic heterocycles. The summed E-state index contributed by atoms with van der Waals surface area (Å²) in [6.45, 7) is 0.275. The monoisotopic (exact) mass is 297 g/mol. The lowest BCUT2D eigenvalue weighted by atomic mass is 10.2. The number of carbonyl (C=O) groups excluding carboxylic acids is 1. The Morgan fingerprint density at radius 3 is 2.80 bits per heavy atom. The number of carbonyl (C=O) groups is 1. The van der Waals surface area contributed by atoms with Crippen molar-refractivity contribution in [3.05, 3.63) is 22.8 Å². The summed E-state index contributed by atoms with van der Waals surface area (Å²) in [6.07, 6.45) is 4.21. The highest BCUT2D eigenvalue weighted by atomic mass is 35.5. The fraction of sp³-hybridized carbons (Fsp3) is 0.571. The van der Waals surface area contributed by atoms with Crippen molar-refractivity contribution in [2.24, 2.45) is 0 Å². The van der Waals surface area contributed by atoms with E-state index in [-0.39, 0.29) is 24.2 Å². The molecule has 0 unspecified atom stereocenters. The molecule has 1 aromatic rings. The topological polar surface area (TPSA) is 65.5 Å². The Morgan fingerprint density at radius 2 is 2.20 bits per heavy atom.